The van der Waals surface area contributed by atoms with Gasteiger partial charge in [0.15, 0.2) is 0 Å². The van der Waals surface area contributed by atoms with Crippen molar-refractivity contribution < 1.29 is 13.9 Å². The van der Waals surface area contributed by atoms with Crippen molar-refractivity contribution in [3.05, 3.63) is 93.6 Å². The zero-order valence-electron chi connectivity index (χ0n) is 18.3. The average molecular weight is 493 g/mol. The SMILES string of the molecule is COc1ccc2c(c1)c(C(=O)c1nnc(-c3ccccn3)o1)c(C)n2Cc1ccc(Cl)cc1Cl. The van der Waals surface area contributed by atoms with Crippen molar-refractivity contribution in [2.45, 2.75) is 13.5 Å². The van der Waals surface area contributed by atoms with Gasteiger partial charge in [-0.2, -0.15) is 0 Å². The van der Waals surface area contributed by atoms with Crippen LogP contribution in [0.4, 0.5) is 0 Å². The van der Waals surface area contributed by atoms with Gasteiger partial charge in [-0.1, -0.05) is 35.3 Å². The Morgan fingerprint density at radius 1 is 1.09 bits per heavy atom. The molecular formula is C25H18Cl2N4O3. The number of rotatable bonds is 6. The van der Waals surface area contributed by atoms with Gasteiger partial charge in [-0.15, -0.1) is 10.2 Å². The first-order chi connectivity index (χ1) is 16.5. The molecule has 0 aliphatic carbocycles. The molecule has 0 amide bonds. The summed E-state index contributed by atoms with van der Waals surface area (Å²) in [6, 6.07) is 16.3. The Kier molecular flexibility index (Phi) is 5.81. The molecule has 3 heterocycles. The van der Waals surface area contributed by atoms with E-state index in [1.807, 2.05) is 35.8 Å². The number of ether oxygens (including phenoxy) is 1. The molecule has 3 aromatic heterocycles. The summed E-state index contributed by atoms with van der Waals surface area (Å²) in [5.41, 5.74) is 3.40. The van der Waals surface area contributed by atoms with Gasteiger partial charge in [-0.05, 0) is 55.0 Å². The van der Waals surface area contributed by atoms with Crippen LogP contribution in [0.15, 0.2) is 65.2 Å². The second-order valence-electron chi connectivity index (χ2n) is 7.62. The molecule has 7 nitrogen and oxygen atoms in total. The van der Waals surface area contributed by atoms with Crippen molar-refractivity contribution in [3.8, 4) is 17.3 Å². The number of benzene rings is 2. The van der Waals surface area contributed by atoms with E-state index in [-0.39, 0.29) is 17.6 Å². The van der Waals surface area contributed by atoms with Gasteiger partial charge in [0, 0.05) is 39.4 Å². The topological polar surface area (TPSA) is 83.0 Å². The number of nitrogens with zero attached hydrogens (tertiary/aromatic N) is 4. The molecule has 0 unspecified atom stereocenters. The number of ketones is 1. The summed E-state index contributed by atoms with van der Waals surface area (Å²) >= 11 is 12.5. The molecule has 170 valence electrons. The van der Waals surface area contributed by atoms with Crippen LogP contribution in [0.3, 0.4) is 0 Å². The van der Waals surface area contributed by atoms with Gasteiger partial charge in [0.2, 0.25) is 0 Å². The summed E-state index contributed by atoms with van der Waals surface area (Å²) in [5.74, 6) is 0.306. The molecule has 9 heteroatoms. The maximum absolute atomic E-state index is 13.6. The molecule has 0 aliphatic heterocycles. The molecule has 0 radical (unpaired) electrons. The molecule has 0 spiro atoms. The van der Waals surface area contributed by atoms with Crippen LogP contribution in [0.25, 0.3) is 22.5 Å². The molecule has 0 aliphatic rings. The first-order valence-electron chi connectivity index (χ1n) is 10.4. The Hall–Kier alpha value is -3.68. The Morgan fingerprint density at radius 3 is 2.68 bits per heavy atom. The number of fused-ring (bicyclic) bond motifs is 1. The van der Waals surface area contributed by atoms with Crippen molar-refractivity contribution in [1.82, 2.24) is 19.7 Å². The number of methoxy groups -OCH3 is 1. The minimum absolute atomic E-state index is 0.116. The van der Waals surface area contributed by atoms with Crippen LogP contribution in [-0.2, 0) is 6.54 Å². The lowest BCUT2D eigenvalue weighted by Gasteiger charge is -2.11. The fraction of sp³-hybridized carbons (Fsp3) is 0.120. The molecule has 0 fully saturated rings. The Balaban J connectivity index is 1.62. The smallest absolute Gasteiger partial charge is 0.289 e. The normalized spacial score (nSPS) is 11.2. The van der Waals surface area contributed by atoms with E-state index < -0.39 is 0 Å². The Labute approximate surface area is 204 Å². The number of aromatic nitrogens is 4. The average Bonchev–Trinajstić information content (AvgIpc) is 3.44. The standard InChI is InChI=1S/C25H18Cl2N4O3/c1-14-22(23(32)25-30-29-24(34-25)20-5-3-4-10-28-20)18-12-17(33-2)8-9-21(18)31(14)13-15-6-7-16(26)11-19(15)27/h3-12H,13H2,1-2H3. The van der Waals surface area contributed by atoms with E-state index in [2.05, 4.69) is 15.2 Å². The number of halogens is 2. The molecule has 0 saturated heterocycles. The Morgan fingerprint density at radius 2 is 1.94 bits per heavy atom. The highest BCUT2D eigenvalue weighted by Crippen LogP contribution is 2.33. The minimum Gasteiger partial charge on any atom is -0.497 e. The number of carbonyl (C=O) groups excluding carboxylic acids is 1. The third kappa shape index (κ3) is 3.93. The van der Waals surface area contributed by atoms with E-state index >= 15 is 0 Å². The van der Waals surface area contributed by atoms with Crippen molar-refractivity contribution in [1.29, 1.82) is 0 Å². The first-order valence-corrected chi connectivity index (χ1v) is 11.1. The fourth-order valence-electron chi connectivity index (χ4n) is 3.91. The van der Waals surface area contributed by atoms with E-state index in [1.54, 1.807) is 43.6 Å². The van der Waals surface area contributed by atoms with Gasteiger partial charge in [0.05, 0.1) is 12.7 Å². The molecule has 0 N–H and O–H groups in total. The zero-order chi connectivity index (χ0) is 23.8. The van der Waals surface area contributed by atoms with Crippen molar-refractivity contribution in [3.63, 3.8) is 0 Å². The monoisotopic (exact) mass is 492 g/mol. The third-order valence-corrected chi connectivity index (χ3v) is 6.19. The van der Waals surface area contributed by atoms with Gasteiger partial charge < -0.3 is 13.7 Å². The Bertz CT molecular complexity index is 1530. The highest BCUT2D eigenvalue weighted by Gasteiger charge is 2.26. The summed E-state index contributed by atoms with van der Waals surface area (Å²) in [5, 5.41) is 9.82. The molecule has 0 saturated carbocycles. The summed E-state index contributed by atoms with van der Waals surface area (Å²) in [7, 11) is 1.58. The second-order valence-corrected chi connectivity index (χ2v) is 8.47. The largest absolute Gasteiger partial charge is 0.497 e. The summed E-state index contributed by atoms with van der Waals surface area (Å²) in [4.78, 5) is 17.8. The molecule has 0 atom stereocenters. The maximum Gasteiger partial charge on any atom is 0.289 e. The quantitative estimate of drug-likeness (QED) is 0.270. The third-order valence-electron chi connectivity index (χ3n) is 5.60. The van der Waals surface area contributed by atoms with E-state index in [9.17, 15) is 4.79 Å². The first kappa shape index (κ1) is 22.1. The van der Waals surface area contributed by atoms with Crippen molar-refractivity contribution >= 4 is 39.9 Å². The lowest BCUT2D eigenvalue weighted by atomic mass is 10.1. The van der Waals surface area contributed by atoms with E-state index in [0.29, 0.717) is 39.0 Å². The molecule has 5 aromatic rings. The predicted molar refractivity (Wildman–Crippen MR) is 130 cm³/mol. The zero-order valence-corrected chi connectivity index (χ0v) is 19.8. The van der Waals surface area contributed by atoms with Gasteiger partial charge in [-0.3, -0.25) is 9.78 Å². The van der Waals surface area contributed by atoms with Gasteiger partial charge >= 0.3 is 0 Å². The summed E-state index contributed by atoms with van der Waals surface area (Å²) in [6.07, 6.45) is 1.62. The molecular weight excluding hydrogens is 475 g/mol. The van der Waals surface area contributed by atoms with E-state index in [0.717, 1.165) is 16.8 Å². The second kappa shape index (κ2) is 8.93. The van der Waals surface area contributed by atoms with Gasteiger partial charge in [-0.25, -0.2) is 0 Å². The van der Waals surface area contributed by atoms with Gasteiger partial charge in [0.25, 0.3) is 17.6 Å². The number of hydrogen-bond acceptors (Lipinski definition) is 6. The molecule has 34 heavy (non-hydrogen) atoms. The van der Waals surface area contributed by atoms with Crippen LogP contribution >= 0.6 is 23.2 Å². The molecule has 2 aromatic carbocycles. The van der Waals surface area contributed by atoms with Gasteiger partial charge in [0.1, 0.15) is 11.4 Å². The highest BCUT2D eigenvalue weighted by atomic mass is 35.5. The van der Waals surface area contributed by atoms with Crippen LogP contribution in [0.2, 0.25) is 10.0 Å². The number of pyridine rings is 1. The number of carbonyl (C=O) groups is 1. The van der Waals surface area contributed by atoms with Crippen LogP contribution < -0.4 is 4.74 Å². The maximum atomic E-state index is 13.6. The predicted octanol–water partition coefficient (Wildman–Crippen LogP) is 5.99. The van der Waals surface area contributed by atoms with E-state index in [1.165, 1.54) is 0 Å². The lowest BCUT2D eigenvalue weighted by Crippen LogP contribution is -2.07. The van der Waals surface area contributed by atoms with Crippen molar-refractivity contribution in [2.24, 2.45) is 0 Å². The van der Waals surface area contributed by atoms with E-state index in [4.69, 9.17) is 32.4 Å². The number of hydrogen-bond donors (Lipinski definition) is 0. The van der Waals surface area contributed by atoms with Crippen LogP contribution in [0.5, 0.6) is 5.75 Å². The van der Waals surface area contributed by atoms with Crippen LogP contribution in [-0.4, -0.2) is 32.6 Å². The fourth-order valence-corrected chi connectivity index (χ4v) is 4.38. The van der Waals surface area contributed by atoms with Crippen LogP contribution in [0, 0.1) is 6.92 Å². The van der Waals surface area contributed by atoms with Crippen LogP contribution in [0.1, 0.15) is 27.5 Å². The lowest BCUT2D eigenvalue weighted by molar-refractivity contribution is 0.100. The highest BCUT2D eigenvalue weighted by molar-refractivity contribution is 6.35. The molecule has 5 rings (SSSR count). The molecule has 0 bridgehead atoms. The minimum atomic E-state index is -0.383. The summed E-state index contributed by atoms with van der Waals surface area (Å²) < 4.78 is 13.1. The van der Waals surface area contributed by atoms with Crippen molar-refractivity contribution in [2.75, 3.05) is 7.11 Å². The summed E-state index contributed by atoms with van der Waals surface area (Å²) in [6.45, 7) is 2.32.